The standard InChI is InChI=1S/C14H13BrN2O2S/c1-8-5-9(14(16)20)6-13(17-8)19-12-4-3-10(18-2)7-11(12)15/h3-7H,1-2H3,(H2,16,20). The molecule has 0 saturated carbocycles. The molecule has 0 fully saturated rings. The quantitative estimate of drug-likeness (QED) is 0.852. The van der Waals surface area contributed by atoms with Crippen molar-refractivity contribution in [3.63, 3.8) is 0 Å². The van der Waals surface area contributed by atoms with Crippen molar-refractivity contribution in [1.29, 1.82) is 0 Å². The molecule has 20 heavy (non-hydrogen) atoms. The van der Waals surface area contributed by atoms with Gasteiger partial charge in [-0.05, 0) is 47.1 Å². The maximum atomic E-state index is 5.75. The number of rotatable bonds is 4. The van der Waals surface area contributed by atoms with Gasteiger partial charge in [-0.1, -0.05) is 12.2 Å². The minimum absolute atomic E-state index is 0.314. The molecule has 0 amide bonds. The van der Waals surface area contributed by atoms with E-state index in [0.717, 1.165) is 21.5 Å². The monoisotopic (exact) mass is 352 g/mol. The van der Waals surface area contributed by atoms with Crippen LogP contribution in [0.2, 0.25) is 0 Å². The molecule has 1 aromatic heterocycles. The molecule has 2 rings (SSSR count). The molecule has 2 N–H and O–H groups in total. The summed E-state index contributed by atoms with van der Waals surface area (Å²) in [6, 6.07) is 8.96. The molecular weight excluding hydrogens is 340 g/mol. The number of aryl methyl sites for hydroxylation is 1. The molecule has 0 radical (unpaired) electrons. The van der Waals surface area contributed by atoms with Crippen molar-refractivity contribution in [2.75, 3.05) is 7.11 Å². The summed E-state index contributed by atoms with van der Waals surface area (Å²) in [5.74, 6) is 1.82. The van der Waals surface area contributed by atoms with E-state index in [9.17, 15) is 0 Å². The van der Waals surface area contributed by atoms with E-state index in [0.29, 0.717) is 16.6 Å². The number of aromatic nitrogens is 1. The number of methoxy groups -OCH3 is 1. The highest BCUT2D eigenvalue weighted by Crippen LogP contribution is 2.32. The third-order valence-corrected chi connectivity index (χ3v) is 3.42. The first kappa shape index (κ1) is 14.7. The highest BCUT2D eigenvalue weighted by atomic mass is 79.9. The van der Waals surface area contributed by atoms with Crippen molar-refractivity contribution < 1.29 is 9.47 Å². The number of pyridine rings is 1. The lowest BCUT2D eigenvalue weighted by atomic mass is 10.2. The zero-order valence-electron chi connectivity index (χ0n) is 11.0. The molecule has 1 heterocycles. The first-order valence-corrected chi connectivity index (χ1v) is 6.99. The molecule has 0 spiro atoms. The molecule has 1 aromatic carbocycles. The zero-order chi connectivity index (χ0) is 14.7. The molecular formula is C14H13BrN2O2S. The average Bonchev–Trinajstić information content (AvgIpc) is 2.40. The zero-order valence-corrected chi connectivity index (χ0v) is 13.4. The van der Waals surface area contributed by atoms with Gasteiger partial charge in [-0.2, -0.15) is 0 Å². The van der Waals surface area contributed by atoms with Crippen LogP contribution in [0.3, 0.4) is 0 Å². The Morgan fingerprint density at radius 3 is 2.65 bits per heavy atom. The van der Waals surface area contributed by atoms with Crippen LogP contribution in [0, 0.1) is 6.92 Å². The molecule has 2 aromatic rings. The van der Waals surface area contributed by atoms with Crippen molar-refractivity contribution in [1.82, 2.24) is 4.98 Å². The Morgan fingerprint density at radius 2 is 2.05 bits per heavy atom. The SMILES string of the molecule is COc1ccc(Oc2cc(C(N)=S)cc(C)n2)c(Br)c1. The summed E-state index contributed by atoms with van der Waals surface area (Å²) in [7, 11) is 1.61. The van der Waals surface area contributed by atoms with Gasteiger partial charge in [-0.25, -0.2) is 4.98 Å². The van der Waals surface area contributed by atoms with Crippen molar-refractivity contribution >= 4 is 33.1 Å². The normalized spacial score (nSPS) is 10.2. The number of ether oxygens (including phenoxy) is 2. The Labute approximate surface area is 131 Å². The van der Waals surface area contributed by atoms with Crippen LogP contribution in [-0.4, -0.2) is 17.1 Å². The molecule has 0 bridgehead atoms. The molecule has 0 unspecified atom stereocenters. The van der Waals surface area contributed by atoms with Crippen LogP contribution in [0.4, 0.5) is 0 Å². The third-order valence-electron chi connectivity index (χ3n) is 2.57. The predicted octanol–water partition coefficient (Wildman–Crippen LogP) is 3.59. The largest absolute Gasteiger partial charge is 0.497 e. The van der Waals surface area contributed by atoms with Gasteiger partial charge in [0.05, 0.1) is 11.6 Å². The molecule has 4 nitrogen and oxygen atoms in total. The number of benzene rings is 1. The fourth-order valence-corrected chi connectivity index (χ4v) is 2.19. The molecule has 104 valence electrons. The van der Waals surface area contributed by atoms with Crippen molar-refractivity contribution in [3.05, 3.63) is 46.1 Å². The van der Waals surface area contributed by atoms with Gasteiger partial charge in [-0.15, -0.1) is 0 Å². The lowest BCUT2D eigenvalue weighted by Gasteiger charge is -2.10. The summed E-state index contributed by atoms with van der Waals surface area (Å²) in [6.07, 6.45) is 0. The maximum absolute atomic E-state index is 5.75. The summed E-state index contributed by atoms with van der Waals surface area (Å²) in [6.45, 7) is 1.86. The van der Waals surface area contributed by atoms with Crippen LogP contribution < -0.4 is 15.2 Å². The van der Waals surface area contributed by atoms with Gasteiger partial charge in [0, 0.05) is 17.3 Å². The van der Waals surface area contributed by atoms with Crippen LogP contribution in [-0.2, 0) is 0 Å². The number of thiocarbonyl (C=S) groups is 1. The topological polar surface area (TPSA) is 57.4 Å². The fraction of sp³-hybridized carbons (Fsp3) is 0.143. The van der Waals surface area contributed by atoms with E-state index in [1.165, 1.54) is 0 Å². The number of hydrogen-bond donors (Lipinski definition) is 1. The molecule has 0 aliphatic heterocycles. The lowest BCUT2D eigenvalue weighted by Crippen LogP contribution is -2.10. The second-order valence-electron chi connectivity index (χ2n) is 4.10. The van der Waals surface area contributed by atoms with Gasteiger partial charge in [-0.3, -0.25) is 0 Å². The minimum Gasteiger partial charge on any atom is -0.497 e. The highest BCUT2D eigenvalue weighted by Gasteiger charge is 2.08. The van der Waals surface area contributed by atoms with Crippen LogP contribution in [0.5, 0.6) is 17.4 Å². The van der Waals surface area contributed by atoms with E-state index in [2.05, 4.69) is 20.9 Å². The Balaban J connectivity index is 2.32. The van der Waals surface area contributed by atoms with Gasteiger partial charge < -0.3 is 15.2 Å². The summed E-state index contributed by atoms with van der Waals surface area (Å²) in [4.78, 5) is 4.62. The lowest BCUT2D eigenvalue weighted by molar-refractivity contribution is 0.411. The maximum Gasteiger partial charge on any atom is 0.220 e. The summed E-state index contributed by atoms with van der Waals surface area (Å²) in [5, 5.41) is 0. The Morgan fingerprint density at radius 1 is 1.30 bits per heavy atom. The number of halogens is 1. The Hall–Kier alpha value is -1.66. The number of nitrogens with two attached hydrogens (primary N) is 1. The highest BCUT2D eigenvalue weighted by molar-refractivity contribution is 9.10. The van der Waals surface area contributed by atoms with Crippen LogP contribution in [0.25, 0.3) is 0 Å². The third kappa shape index (κ3) is 3.46. The van der Waals surface area contributed by atoms with Crippen LogP contribution >= 0.6 is 28.1 Å². The Kier molecular flexibility index (Phi) is 4.57. The summed E-state index contributed by atoms with van der Waals surface area (Å²) >= 11 is 8.40. The molecule has 0 atom stereocenters. The molecule has 0 aliphatic rings. The molecule has 6 heteroatoms. The van der Waals surface area contributed by atoms with E-state index < -0.39 is 0 Å². The second kappa shape index (κ2) is 6.19. The van der Waals surface area contributed by atoms with E-state index in [4.69, 9.17) is 27.4 Å². The second-order valence-corrected chi connectivity index (χ2v) is 5.39. The summed E-state index contributed by atoms with van der Waals surface area (Å²) < 4.78 is 11.7. The fourth-order valence-electron chi connectivity index (χ4n) is 1.64. The first-order chi connectivity index (χ1) is 9.49. The van der Waals surface area contributed by atoms with Gasteiger partial charge >= 0.3 is 0 Å². The molecule has 0 saturated heterocycles. The van der Waals surface area contributed by atoms with Gasteiger partial charge in [0.2, 0.25) is 5.88 Å². The van der Waals surface area contributed by atoms with Crippen molar-refractivity contribution in [3.8, 4) is 17.4 Å². The van der Waals surface area contributed by atoms with E-state index >= 15 is 0 Å². The van der Waals surface area contributed by atoms with Crippen molar-refractivity contribution in [2.45, 2.75) is 6.92 Å². The van der Waals surface area contributed by atoms with E-state index in [-0.39, 0.29) is 0 Å². The van der Waals surface area contributed by atoms with Gasteiger partial charge in [0.1, 0.15) is 16.5 Å². The van der Waals surface area contributed by atoms with Gasteiger partial charge in [0.15, 0.2) is 0 Å². The number of hydrogen-bond acceptors (Lipinski definition) is 4. The number of nitrogens with zero attached hydrogens (tertiary/aromatic N) is 1. The Bertz CT molecular complexity index is 662. The van der Waals surface area contributed by atoms with E-state index in [1.54, 1.807) is 19.2 Å². The average molecular weight is 353 g/mol. The van der Waals surface area contributed by atoms with Gasteiger partial charge in [0.25, 0.3) is 0 Å². The van der Waals surface area contributed by atoms with Crippen LogP contribution in [0.15, 0.2) is 34.8 Å². The van der Waals surface area contributed by atoms with Crippen molar-refractivity contribution in [2.24, 2.45) is 5.73 Å². The van der Waals surface area contributed by atoms with E-state index in [1.807, 2.05) is 25.1 Å². The first-order valence-electron chi connectivity index (χ1n) is 5.79. The minimum atomic E-state index is 0.314. The predicted molar refractivity (Wildman–Crippen MR) is 85.6 cm³/mol. The smallest absolute Gasteiger partial charge is 0.220 e. The summed E-state index contributed by atoms with van der Waals surface area (Å²) in [5.41, 5.74) is 7.15. The van der Waals surface area contributed by atoms with Crippen LogP contribution in [0.1, 0.15) is 11.3 Å². The molecule has 0 aliphatic carbocycles.